The number of aromatic nitrogens is 1. The number of ketones is 1. The van der Waals surface area contributed by atoms with Crippen molar-refractivity contribution in [1.82, 2.24) is 9.88 Å². The smallest absolute Gasteiger partial charge is 0.234 e. The lowest BCUT2D eigenvalue weighted by Crippen LogP contribution is -2.44. The lowest BCUT2D eigenvalue weighted by molar-refractivity contribution is -0.113. The Bertz CT molecular complexity index is 880. The number of thioether (sulfide) groups is 1. The highest BCUT2D eigenvalue weighted by Crippen LogP contribution is 2.25. The lowest BCUT2D eigenvalue weighted by atomic mass is 10.1. The van der Waals surface area contributed by atoms with E-state index >= 15 is 0 Å². The SMILES string of the molecule is COc1ccc(C(C)=O)cc1CSCC(=O)Nc1ccc(N2CCN(C)CC2)nc1. The topological polar surface area (TPSA) is 74.8 Å². The van der Waals surface area contributed by atoms with Crippen molar-refractivity contribution in [2.75, 3.05) is 56.3 Å². The molecule has 0 saturated carbocycles. The molecule has 3 rings (SSSR count). The number of Topliss-reactive ketones (excluding diaryl/α,β-unsaturated/α-hetero) is 1. The molecule has 30 heavy (non-hydrogen) atoms. The van der Waals surface area contributed by atoms with Gasteiger partial charge in [-0.15, -0.1) is 11.8 Å². The summed E-state index contributed by atoms with van der Waals surface area (Å²) in [4.78, 5) is 32.9. The van der Waals surface area contributed by atoms with Crippen molar-refractivity contribution in [3.05, 3.63) is 47.7 Å². The van der Waals surface area contributed by atoms with Crippen molar-refractivity contribution in [1.29, 1.82) is 0 Å². The van der Waals surface area contributed by atoms with Gasteiger partial charge in [0.2, 0.25) is 5.91 Å². The average molecular weight is 429 g/mol. The van der Waals surface area contributed by atoms with Crippen molar-refractivity contribution in [3.8, 4) is 5.75 Å². The first-order chi connectivity index (χ1) is 14.5. The maximum absolute atomic E-state index is 12.3. The number of rotatable bonds is 8. The van der Waals surface area contributed by atoms with E-state index in [1.807, 2.05) is 18.2 Å². The first-order valence-electron chi connectivity index (χ1n) is 9.91. The molecule has 0 atom stereocenters. The number of nitrogens with one attached hydrogen (secondary N) is 1. The van der Waals surface area contributed by atoms with E-state index in [2.05, 4.69) is 27.1 Å². The molecule has 8 heteroatoms. The van der Waals surface area contributed by atoms with Gasteiger partial charge in [0, 0.05) is 43.1 Å². The number of methoxy groups -OCH3 is 1. The van der Waals surface area contributed by atoms with Crippen LogP contribution in [0.15, 0.2) is 36.5 Å². The van der Waals surface area contributed by atoms with Crippen LogP contribution in [0.3, 0.4) is 0 Å². The summed E-state index contributed by atoms with van der Waals surface area (Å²) in [5.41, 5.74) is 2.23. The van der Waals surface area contributed by atoms with E-state index < -0.39 is 0 Å². The normalized spacial score (nSPS) is 14.4. The van der Waals surface area contributed by atoms with Crippen LogP contribution in [0.1, 0.15) is 22.8 Å². The number of pyridine rings is 1. The van der Waals surface area contributed by atoms with Crippen LogP contribution in [0.5, 0.6) is 5.75 Å². The summed E-state index contributed by atoms with van der Waals surface area (Å²) in [5, 5.41) is 2.89. The maximum atomic E-state index is 12.3. The Labute approximate surface area is 181 Å². The summed E-state index contributed by atoms with van der Waals surface area (Å²) in [6.07, 6.45) is 1.70. The number of piperazine rings is 1. The minimum absolute atomic E-state index is 0.00849. The molecule has 1 aromatic heterocycles. The third-order valence-electron chi connectivity index (χ3n) is 5.04. The van der Waals surface area contributed by atoms with Crippen molar-refractivity contribution >= 4 is 35.0 Å². The number of carbonyl (C=O) groups excluding carboxylic acids is 2. The van der Waals surface area contributed by atoms with Gasteiger partial charge in [0.25, 0.3) is 0 Å². The van der Waals surface area contributed by atoms with Crippen molar-refractivity contribution < 1.29 is 14.3 Å². The Balaban J connectivity index is 1.49. The van der Waals surface area contributed by atoms with E-state index in [0.29, 0.717) is 22.8 Å². The molecule has 2 heterocycles. The monoisotopic (exact) mass is 428 g/mol. The molecule has 0 aliphatic carbocycles. The number of ether oxygens (including phenoxy) is 1. The Morgan fingerprint density at radius 3 is 2.57 bits per heavy atom. The van der Waals surface area contributed by atoms with E-state index in [-0.39, 0.29) is 11.7 Å². The second-order valence-electron chi connectivity index (χ2n) is 7.32. The van der Waals surface area contributed by atoms with Gasteiger partial charge in [0.15, 0.2) is 5.78 Å². The number of nitrogens with zero attached hydrogens (tertiary/aromatic N) is 3. The molecule has 2 aromatic rings. The highest BCUT2D eigenvalue weighted by Gasteiger charge is 2.15. The molecule has 1 fully saturated rings. The largest absolute Gasteiger partial charge is 0.496 e. The third-order valence-corrected chi connectivity index (χ3v) is 6.02. The summed E-state index contributed by atoms with van der Waals surface area (Å²) in [6, 6.07) is 9.21. The molecule has 1 aliphatic rings. The predicted octanol–water partition coefficient (Wildman–Crippen LogP) is 2.92. The van der Waals surface area contributed by atoms with Crippen LogP contribution in [0, 0.1) is 0 Å². The standard InChI is InChI=1S/C22H28N4O3S/c1-16(27)17-4-6-20(29-3)18(12-17)14-30-15-22(28)24-19-5-7-21(23-13-19)26-10-8-25(2)9-11-26/h4-7,12-13H,8-11,14-15H2,1-3H3,(H,24,28). The van der Waals surface area contributed by atoms with E-state index in [0.717, 1.165) is 43.3 Å². The van der Waals surface area contributed by atoms with Crippen LogP contribution in [-0.4, -0.2) is 67.7 Å². The number of hydrogen-bond acceptors (Lipinski definition) is 7. The zero-order valence-corrected chi connectivity index (χ0v) is 18.5. The third kappa shape index (κ3) is 5.96. The molecule has 1 amide bonds. The second kappa shape index (κ2) is 10.4. The molecular formula is C22H28N4O3S. The van der Waals surface area contributed by atoms with Gasteiger partial charge in [-0.25, -0.2) is 4.98 Å². The van der Waals surface area contributed by atoms with E-state index in [4.69, 9.17) is 4.74 Å². The van der Waals surface area contributed by atoms with Crippen LogP contribution in [-0.2, 0) is 10.5 Å². The summed E-state index contributed by atoms with van der Waals surface area (Å²) in [7, 11) is 3.72. The molecule has 0 unspecified atom stereocenters. The summed E-state index contributed by atoms with van der Waals surface area (Å²) in [5.74, 6) is 2.46. The van der Waals surface area contributed by atoms with E-state index in [1.54, 1.807) is 25.4 Å². The van der Waals surface area contributed by atoms with Gasteiger partial charge in [0.05, 0.1) is 24.7 Å². The maximum Gasteiger partial charge on any atom is 0.234 e. The highest BCUT2D eigenvalue weighted by molar-refractivity contribution is 7.99. The molecule has 0 spiro atoms. The Morgan fingerprint density at radius 2 is 1.93 bits per heavy atom. The van der Waals surface area contributed by atoms with Crippen LogP contribution < -0.4 is 15.0 Å². The summed E-state index contributed by atoms with van der Waals surface area (Å²) in [6.45, 7) is 5.50. The fourth-order valence-electron chi connectivity index (χ4n) is 3.24. The number of likely N-dealkylation sites (N-methyl/N-ethyl adjacent to an activating group) is 1. The summed E-state index contributed by atoms with van der Waals surface area (Å²) >= 11 is 1.47. The van der Waals surface area contributed by atoms with Crippen molar-refractivity contribution in [2.45, 2.75) is 12.7 Å². The first kappa shape index (κ1) is 22.1. The number of benzene rings is 1. The zero-order chi connectivity index (χ0) is 21.5. The Kier molecular flexibility index (Phi) is 7.70. The molecule has 7 nitrogen and oxygen atoms in total. The summed E-state index contributed by atoms with van der Waals surface area (Å²) < 4.78 is 5.36. The quantitative estimate of drug-likeness (QED) is 0.648. The van der Waals surface area contributed by atoms with Gasteiger partial charge in [-0.1, -0.05) is 0 Å². The number of hydrogen-bond donors (Lipinski definition) is 1. The first-order valence-corrected chi connectivity index (χ1v) is 11.1. The Hall–Kier alpha value is -2.58. The molecule has 0 radical (unpaired) electrons. The Morgan fingerprint density at radius 1 is 1.17 bits per heavy atom. The van der Waals surface area contributed by atoms with Gasteiger partial charge in [-0.2, -0.15) is 0 Å². The van der Waals surface area contributed by atoms with Gasteiger partial charge in [-0.05, 0) is 44.3 Å². The minimum Gasteiger partial charge on any atom is -0.496 e. The molecule has 160 valence electrons. The fraction of sp³-hybridized carbons (Fsp3) is 0.409. The van der Waals surface area contributed by atoms with E-state index in [9.17, 15) is 9.59 Å². The van der Waals surface area contributed by atoms with E-state index in [1.165, 1.54) is 18.7 Å². The van der Waals surface area contributed by atoms with Crippen LogP contribution >= 0.6 is 11.8 Å². The second-order valence-corrected chi connectivity index (χ2v) is 8.30. The molecule has 1 aliphatic heterocycles. The van der Waals surface area contributed by atoms with Crippen LogP contribution in [0.2, 0.25) is 0 Å². The number of carbonyl (C=O) groups is 2. The highest BCUT2D eigenvalue weighted by atomic mass is 32.2. The van der Waals surface area contributed by atoms with Gasteiger partial charge >= 0.3 is 0 Å². The molecule has 0 bridgehead atoms. The van der Waals surface area contributed by atoms with Crippen molar-refractivity contribution in [2.24, 2.45) is 0 Å². The molecule has 1 aromatic carbocycles. The predicted molar refractivity (Wildman–Crippen MR) is 122 cm³/mol. The average Bonchev–Trinajstić information content (AvgIpc) is 2.75. The minimum atomic E-state index is -0.0872. The van der Waals surface area contributed by atoms with Gasteiger partial charge in [-0.3, -0.25) is 9.59 Å². The zero-order valence-electron chi connectivity index (χ0n) is 17.7. The van der Waals surface area contributed by atoms with Crippen molar-refractivity contribution in [3.63, 3.8) is 0 Å². The lowest BCUT2D eigenvalue weighted by Gasteiger charge is -2.33. The van der Waals surface area contributed by atoms with Crippen LogP contribution in [0.4, 0.5) is 11.5 Å². The van der Waals surface area contributed by atoms with Gasteiger partial charge < -0.3 is 19.9 Å². The van der Waals surface area contributed by atoms with Gasteiger partial charge in [0.1, 0.15) is 11.6 Å². The molecule has 1 saturated heterocycles. The molecular weight excluding hydrogens is 400 g/mol. The number of amides is 1. The van der Waals surface area contributed by atoms with Crippen LogP contribution in [0.25, 0.3) is 0 Å². The molecule has 1 N–H and O–H groups in total. The fourth-order valence-corrected chi connectivity index (χ4v) is 4.05. The number of anilines is 2.